The minimum Gasteiger partial charge on any atom is -0.463 e. The van der Waals surface area contributed by atoms with E-state index in [1.165, 1.54) is 27.4 Å². The van der Waals surface area contributed by atoms with Crippen molar-refractivity contribution < 1.29 is 9.53 Å². The first-order valence-electron chi connectivity index (χ1n) is 9.88. The number of para-hydroxylation sites is 1. The fourth-order valence-electron chi connectivity index (χ4n) is 3.92. The Morgan fingerprint density at radius 2 is 1.69 bits per heavy atom. The highest BCUT2D eigenvalue weighted by Gasteiger charge is 2.18. The average molecular weight is 404 g/mol. The smallest absolute Gasteiger partial charge is 0.310 e. The van der Waals surface area contributed by atoms with Crippen LogP contribution in [0.1, 0.15) is 25.0 Å². The second-order valence-corrected chi connectivity index (χ2v) is 8.27. The van der Waals surface area contributed by atoms with Gasteiger partial charge in [-0.25, -0.2) is 0 Å². The van der Waals surface area contributed by atoms with E-state index in [9.17, 15) is 4.79 Å². The number of hydrogen-bond acceptors (Lipinski definition) is 3. The maximum atomic E-state index is 12.3. The predicted molar refractivity (Wildman–Crippen MR) is 122 cm³/mol. The number of thioether (sulfide) groups is 1. The van der Waals surface area contributed by atoms with E-state index in [-0.39, 0.29) is 12.1 Å². The van der Waals surface area contributed by atoms with E-state index in [0.717, 1.165) is 17.0 Å². The van der Waals surface area contributed by atoms with Crippen LogP contribution in [0.2, 0.25) is 0 Å². The molecule has 1 aromatic heterocycles. The summed E-state index contributed by atoms with van der Waals surface area (Å²) in [6.45, 7) is 4.58. The van der Waals surface area contributed by atoms with Gasteiger partial charge in [-0.1, -0.05) is 54.6 Å². The molecule has 4 heteroatoms. The maximum Gasteiger partial charge on any atom is 0.310 e. The Kier molecular flexibility index (Phi) is 5.63. The van der Waals surface area contributed by atoms with Crippen molar-refractivity contribution in [3.63, 3.8) is 0 Å². The number of nitrogens with zero attached hydrogens (tertiary/aromatic N) is 1. The van der Waals surface area contributed by atoms with Crippen molar-refractivity contribution in [2.75, 3.05) is 6.26 Å². The number of esters is 1. The van der Waals surface area contributed by atoms with Crippen molar-refractivity contribution in [1.82, 2.24) is 4.57 Å². The number of fused-ring (bicyclic) bond motifs is 3. The Bertz CT molecular complexity index is 1160. The molecule has 0 unspecified atom stereocenters. The van der Waals surface area contributed by atoms with E-state index >= 15 is 0 Å². The van der Waals surface area contributed by atoms with Gasteiger partial charge < -0.3 is 9.30 Å². The van der Waals surface area contributed by atoms with Gasteiger partial charge in [-0.15, -0.1) is 11.8 Å². The first kappa shape index (κ1) is 19.6. The summed E-state index contributed by atoms with van der Waals surface area (Å²) in [5, 5.41) is 2.45. The van der Waals surface area contributed by atoms with Gasteiger partial charge in [0.05, 0.1) is 18.0 Å². The third kappa shape index (κ3) is 3.90. The molecule has 0 saturated carbocycles. The zero-order valence-corrected chi connectivity index (χ0v) is 17.8. The lowest BCUT2D eigenvalue weighted by Gasteiger charge is -2.12. The van der Waals surface area contributed by atoms with Gasteiger partial charge in [-0.3, -0.25) is 4.79 Å². The predicted octanol–water partition coefficient (Wildman–Crippen LogP) is 6.06. The van der Waals surface area contributed by atoms with Crippen LogP contribution in [0.15, 0.2) is 71.6 Å². The molecule has 1 heterocycles. The van der Waals surface area contributed by atoms with E-state index in [1.54, 1.807) is 11.8 Å². The molecule has 0 aliphatic heterocycles. The molecule has 0 aliphatic rings. The number of rotatable bonds is 6. The van der Waals surface area contributed by atoms with Crippen LogP contribution >= 0.6 is 11.8 Å². The Hall–Kier alpha value is -2.72. The monoisotopic (exact) mass is 403 g/mol. The Labute approximate surface area is 175 Å². The highest BCUT2D eigenvalue weighted by atomic mass is 32.2. The van der Waals surface area contributed by atoms with Crippen molar-refractivity contribution in [2.24, 2.45) is 0 Å². The van der Waals surface area contributed by atoms with E-state index < -0.39 is 0 Å². The molecule has 3 aromatic carbocycles. The molecule has 0 N–H and O–H groups in total. The molecule has 3 nitrogen and oxygen atoms in total. The summed E-state index contributed by atoms with van der Waals surface area (Å²) in [6.07, 6.45) is 2.27. The van der Waals surface area contributed by atoms with Crippen molar-refractivity contribution >= 4 is 39.5 Å². The average Bonchev–Trinajstić information content (AvgIpc) is 3.02. The van der Waals surface area contributed by atoms with E-state index in [4.69, 9.17) is 4.74 Å². The van der Waals surface area contributed by atoms with E-state index in [0.29, 0.717) is 6.42 Å². The van der Waals surface area contributed by atoms with Gasteiger partial charge in [-0.05, 0) is 43.4 Å². The minimum absolute atomic E-state index is 0.100. The molecule has 29 heavy (non-hydrogen) atoms. The normalized spacial score (nSPS) is 11.4. The van der Waals surface area contributed by atoms with Crippen LogP contribution in [0.4, 0.5) is 0 Å². The molecule has 0 fully saturated rings. The zero-order chi connectivity index (χ0) is 20.4. The molecule has 4 aromatic rings. The Morgan fingerprint density at radius 3 is 2.41 bits per heavy atom. The van der Waals surface area contributed by atoms with Crippen molar-refractivity contribution in [3.05, 3.63) is 77.9 Å². The summed E-state index contributed by atoms with van der Waals surface area (Å²) in [5.41, 5.74) is 4.70. The molecular weight excluding hydrogens is 378 g/mol. The lowest BCUT2D eigenvalue weighted by Crippen LogP contribution is -2.14. The summed E-state index contributed by atoms with van der Waals surface area (Å²) in [6, 6.07) is 23.3. The highest BCUT2D eigenvalue weighted by Crippen LogP contribution is 2.38. The number of carbonyl (C=O) groups excluding carboxylic acids is 1. The standard InChI is InChI=1S/C25H25NO2S/c1-17(2)28-23(27)15-19-13-14-22-24(25(19)29-3)20-11-7-8-12-21(20)26(22)16-18-9-5-4-6-10-18/h4-14,17H,15-16H2,1-3H3. The molecule has 0 spiro atoms. The van der Waals surface area contributed by atoms with Gasteiger partial charge in [0.25, 0.3) is 0 Å². The summed E-state index contributed by atoms with van der Waals surface area (Å²) in [7, 11) is 0. The highest BCUT2D eigenvalue weighted by molar-refractivity contribution is 7.98. The Morgan fingerprint density at radius 1 is 0.966 bits per heavy atom. The second-order valence-electron chi connectivity index (χ2n) is 7.46. The van der Waals surface area contributed by atoms with Crippen LogP contribution < -0.4 is 0 Å². The van der Waals surface area contributed by atoms with Gasteiger partial charge in [0.2, 0.25) is 0 Å². The molecule has 4 rings (SSSR count). The molecule has 0 atom stereocenters. The largest absolute Gasteiger partial charge is 0.463 e. The first-order valence-corrected chi connectivity index (χ1v) is 11.1. The first-order chi connectivity index (χ1) is 14.1. The maximum absolute atomic E-state index is 12.3. The van der Waals surface area contributed by atoms with Crippen LogP contribution in [0, 0.1) is 0 Å². The third-order valence-corrected chi connectivity index (χ3v) is 5.94. The number of carbonyl (C=O) groups is 1. The Balaban J connectivity index is 1.88. The topological polar surface area (TPSA) is 31.2 Å². The number of benzene rings is 3. The molecule has 0 saturated heterocycles. The molecule has 0 bridgehead atoms. The van der Waals surface area contributed by atoms with Gasteiger partial charge in [0.1, 0.15) is 0 Å². The molecular formula is C25H25NO2S. The van der Waals surface area contributed by atoms with Crippen molar-refractivity contribution in [1.29, 1.82) is 0 Å². The number of ether oxygens (including phenoxy) is 1. The third-order valence-electron chi connectivity index (χ3n) is 5.06. The molecule has 0 aliphatic carbocycles. The van der Waals surface area contributed by atoms with E-state index in [2.05, 4.69) is 71.5 Å². The van der Waals surface area contributed by atoms with Gasteiger partial charge in [-0.2, -0.15) is 0 Å². The summed E-state index contributed by atoms with van der Waals surface area (Å²) < 4.78 is 7.75. The number of aromatic nitrogens is 1. The summed E-state index contributed by atoms with van der Waals surface area (Å²) >= 11 is 1.70. The summed E-state index contributed by atoms with van der Waals surface area (Å²) in [5.74, 6) is -0.178. The van der Waals surface area contributed by atoms with E-state index in [1.807, 2.05) is 19.9 Å². The fraction of sp³-hybridized carbons (Fsp3) is 0.240. The van der Waals surface area contributed by atoms with Crippen molar-refractivity contribution in [2.45, 2.75) is 37.8 Å². The van der Waals surface area contributed by atoms with Crippen LogP contribution in [-0.4, -0.2) is 22.9 Å². The van der Waals surface area contributed by atoms with Crippen LogP contribution in [0.25, 0.3) is 21.8 Å². The summed E-state index contributed by atoms with van der Waals surface area (Å²) in [4.78, 5) is 13.5. The van der Waals surface area contributed by atoms with Crippen LogP contribution in [0.5, 0.6) is 0 Å². The van der Waals surface area contributed by atoms with Gasteiger partial charge >= 0.3 is 5.97 Å². The second kappa shape index (κ2) is 8.34. The zero-order valence-electron chi connectivity index (χ0n) is 17.0. The van der Waals surface area contributed by atoms with Crippen LogP contribution in [-0.2, 0) is 22.5 Å². The minimum atomic E-state index is -0.178. The van der Waals surface area contributed by atoms with Gasteiger partial charge in [0.15, 0.2) is 0 Å². The molecule has 148 valence electrons. The SMILES string of the molecule is CSc1c(CC(=O)OC(C)C)ccc2c1c1ccccc1n2Cc1ccccc1. The van der Waals surface area contributed by atoms with Crippen molar-refractivity contribution in [3.8, 4) is 0 Å². The van der Waals surface area contributed by atoms with Crippen LogP contribution in [0.3, 0.4) is 0 Å². The fourth-order valence-corrected chi connectivity index (χ4v) is 4.74. The number of hydrogen-bond donors (Lipinski definition) is 0. The molecule has 0 amide bonds. The quantitative estimate of drug-likeness (QED) is 0.290. The lowest BCUT2D eigenvalue weighted by molar-refractivity contribution is -0.146. The molecule has 0 radical (unpaired) electrons. The van der Waals surface area contributed by atoms with Gasteiger partial charge in [0, 0.05) is 27.7 Å². The lowest BCUT2D eigenvalue weighted by atomic mass is 10.1.